The summed E-state index contributed by atoms with van der Waals surface area (Å²) in [6.45, 7) is 0. The average molecular weight is 121 g/mol. The van der Waals surface area contributed by atoms with Gasteiger partial charge in [-0.05, 0) is 0 Å². The number of nitrogens with zero attached hydrogens (tertiary/aromatic N) is 5. The van der Waals surface area contributed by atoms with E-state index in [1.807, 2.05) is 0 Å². The van der Waals surface area contributed by atoms with E-state index >= 15 is 0 Å². The first-order valence-corrected chi connectivity index (χ1v) is 2.43. The van der Waals surface area contributed by atoms with E-state index in [4.69, 9.17) is 0 Å². The van der Waals surface area contributed by atoms with Crippen molar-refractivity contribution in [2.75, 3.05) is 0 Å². The Morgan fingerprint density at radius 2 is 2.00 bits per heavy atom. The second kappa shape index (κ2) is 1.48. The van der Waals surface area contributed by atoms with E-state index < -0.39 is 0 Å². The lowest BCUT2D eigenvalue weighted by molar-refractivity contribution is 0.943. The van der Waals surface area contributed by atoms with Crippen LogP contribution in [0.5, 0.6) is 0 Å². The van der Waals surface area contributed by atoms with Gasteiger partial charge in [0.15, 0.2) is 5.65 Å². The quantitative estimate of drug-likeness (QED) is 0.472. The number of aromatic nitrogens is 5. The monoisotopic (exact) mass is 121 g/mol. The van der Waals surface area contributed by atoms with E-state index in [1.165, 1.54) is 0 Å². The predicted octanol–water partition coefficient (Wildman–Crippen LogP) is -0.481. The fraction of sp³-hybridized carbons (Fsp3) is 0. The summed E-state index contributed by atoms with van der Waals surface area (Å²) in [5.74, 6) is 0. The van der Waals surface area contributed by atoms with Crippen molar-refractivity contribution >= 4 is 5.65 Å². The lowest BCUT2D eigenvalue weighted by atomic mass is 10.8. The Labute approximate surface area is 50.4 Å². The van der Waals surface area contributed by atoms with Crippen LogP contribution in [0.4, 0.5) is 0 Å². The van der Waals surface area contributed by atoms with Gasteiger partial charge in [-0.2, -0.15) is 5.10 Å². The summed E-state index contributed by atoms with van der Waals surface area (Å²) in [6, 6.07) is 0. The Kier molecular flexibility index (Phi) is 0.717. The van der Waals surface area contributed by atoms with E-state index in [9.17, 15) is 0 Å². The zero-order valence-corrected chi connectivity index (χ0v) is 4.47. The Morgan fingerprint density at radius 3 is 2.89 bits per heavy atom. The molecule has 2 aromatic rings. The lowest BCUT2D eigenvalue weighted by Crippen LogP contribution is -1.86. The third-order valence-electron chi connectivity index (χ3n) is 1.02. The SMILES string of the molecule is c1nncn2cnnc12. The van der Waals surface area contributed by atoms with Gasteiger partial charge in [0.1, 0.15) is 12.7 Å². The molecule has 44 valence electrons. The molecule has 9 heavy (non-hydrogen) atoms. The molecule has 0 saturated carbocycles. The molecule has 0 amide bonds. The van der Waals surface area contributed by atoms with Crippen LogP contribution in [0.3, 0.4) is 0 Å². The highest BCUT2D eigenvalue weighted by Crippen LogP contribution is 1.88. The van der Waals surface area contributed by atoms with Crippen LogP contribution in [0, 0.1) is 0 Å². The number of hydrogen-bond donors (Lipinski definition) is 0. The first kappa shape index (κ1) is 4.37. The van der Waals surface area contributed by atoms with Crippen molar-refractivity contribution in [1.82, 2.24) is 24.8 Å². The minimum atomic E-state index is 0.713. The van der Waals surface area contributed by atoms with Gasteiger partial charge in [-0.1, -0.05) is 0 Å². The maximum Gasteiger partial charge on any atom is 0.182 e. The number of rotatable bonds is 0. The topological polar surface area (TPSA) is 56.0 Å². The van der Waals surface area contributed by atoms with Crippen molar-refractivity contribution < 1.29 is 0 Å². The van der Waals surface area contributed by atoms with Gasteiger partial charge in [0.2, 0.25) is 0 Å². The molecule has 0 aromatic carbocycles. The average Bonchev–Trinajstić information content (AvgIpc) is 2.33. The van der Waals surface area contributed by atoms with Crippen LogP contribution in [0.15, 0.2) is 18.9 Å². The minimum Gasteiger partial charge on any atom is -0.269 e. The molecule has 5 heteroatoms. The van der Waals surface area contributed by atoms with Crippen LogP contribution in [0.25, 0.3) is 5.65 Å². The first-order valence-electron chi connectivity index (χ1n) is 2.43. The van der Waals surface area contributed by atoms with Crippen molar-refractivity contribution in [3.05, 3.63) is 18.9 Å². The fourth-order valence-electron chi connectivity index (χ4n) is 0.603. The molecule has 0 aliphatic carbocycles. The van der Waals surface area contributed by atoms with Crippen LogP contribution >= 0.6 is 0 Å². The third kappa shape index (κ3) is 0.543. The predicted molar refractivity (Wildman–Crippen MR) is 28.6 cm³/mol. The zero-order valence-electron chi connectivity index (χ0n) is 4.47. The van der Waals surface area contributed by atoms with Gasteiger partial charge in [0, 0.05) is 0 Å². The first-order chi connectivity index (χ1) is 4.47. The van der Waals surface area contributed by atoms with Gasteiger partial charge in [-0.15, -0.1) is 15.3 Å². The molecule has 0 radical (unpaired) electrons. The summed E-state index contributed by atoms with van der Waals surface area (Å²) >= 11 is 0. The third-order valence-corrected chi connectivity index (χ3v) is 1.02. The maximum absolute atomic E-state index is 3.73. The smallest absolute Gasteiger partial charge is 0.182 e. The highest BCUT2D eigenvalue weighted by molar-refractivity contribution is 5.29. The van der Waals surface area contributed by atoms with Crippen LogP contribution in [-0.4, -0.2) is 24.8 Å². The van der Waals surface area contributed by atoms with E-state index in [0.717, 1.165) is 0 Å². The molecule has 0 aliphatic rings. The van der Waals surface area contributed by atoms with Crippen LogP contribution in [0.2, 0.25) is 0 Å². The molecular formula is C4H3N5. The molecule has 0 spiro atoms. The van der Waals surface area contributed by atoms with Crippen LogP contribution < -0.4 is 0 Å². The van der Waals surface area contributed by atoms with E-state index in [1.54, 1.807) is 23.3 Å². The second-order valence-corrected chi connectivity index (χ2v) is 1.57. The molecule has 0 fully saturated rings. The van der Waals surface area contributed by atoms with Gasteiger partial charge in [0.05, 0.1) is 6.20 Å². The summed E-state index contributed by atoms with van der Waals surface area (Å²) in [5.41, 5.74) is 0.713. The number of fused-ring (bicyclic) bond motifs is 1. The summed E-state index contributed by atoms with van der Waals surface area (Å²) in [4.78, 5) is 0. The van der Waals surface area contributed by atoms with Crippen molar-refractivity contribution in [3.8, 4) is 0 Å². The van der Waals surface area contributed by atoms with Crippen molar-refractivity contribution in [1.29, 1.82) is 0 Å². The van der Waals surface area contributed by atoms with Crippen molar-refractivity contribution in [2.24, 2.45) is 0 Å². The summed E-state index contributed by atoms with van der Waals surface area (Å²) in [7, 11) is 0. The van der Waals surface area contributed by atoms with Crippen molar-refractivity contribution in [2.45, 2.75) is 0 Å². The Balaban J connectivity index is 2.95. The van der Waals surface area contributed by atoms with Gasteiger partial charge in [0.25, 0.3) is 0 Å². The molecular weight excluding hydrogens is 118 g/mol. The molecule has 0 bridgehead atoms. The number of hydrogen-bond acceptors (Lipinski definition) is 4. The van der Waals surface area contributed by atoms with Crippen LogP contribution in [-0.2, 0) is 0 Å². The second-order valence-electron chi connectivity index (χ2n) is 1.57. The highest BCUT2D eigenvalue weighted by atomic mass is 15.3. The molecule has 0 unspecified atom stereocenters. The molecule has 0 saturated heterocycles. The maximum atomic E-state index is 3.73. The van der Waals surface area contributed by atoms with Crippen molar-refractivity contribution in [3.63, 3.8) is 0 Å². The summed E-state index contributed by atoms with van der Waals surface area (Å²) in [6.07, 6.45) is 4.67. The summed E-state index contributed by atoms with van der Waals surface area (Å²) < 4.78 is 1.69. The Bertz CT molecular complexity index is 283. The summed E-state index contributed by atoms with van der Waals surface area (Å²) in [5, 5.41) is 14.6. The molecule has 2 aromatic heterocycles. The molecule has 0 aliphatic heterocycles. The minimum absolute atomic E-state index is 0.713. The molecule has 0 atom stereocenters. The van der Waals surface area contributed by atoms with Gasteiger partial charge in [-0.25, -0.2) is 0 Å². The Morgan fingerprint density at radius 1 is 1.11 bits per heavy atom. The van der Waals surface area contributed by atoms with E-state index in [-0.39, 0.29) is 0 Å². The fourth-order valence-corrected chi connectivity index (χ4v) is 0.603. The standard InChI is InChI=1S/C4H3N5/c1-4-8-7-3-9(4)2-6-5-1/h1-3H. The molecule has 5 nitrogen and oxygen atoms in total. The lowest BCUT2D eigenvalue weighted by Gasteiger charge is -1.82. The van der Waals surface area contributed by atoms with Crippen LogP contribution in [0.1, 0.15) is 0 Å². The zero-order chi connectivity index (χ0) is 6.10. The van der Waals surface area contributed by atoms with Gasteiger partial charge >= 0.3 is 0 Å². The molecule has 0 N–H and O–H groups in total. The largest absolute Gasteiger partial charge is 0.269 e. The highest BCUT2D eigenvalue weighted by Gasteiger charge is 1.89. The van der Waals surface area contributed by atoms with Gasteiger partial charge in [-0.3, -0.25) is 4.40 Å². The van der Waals surface area contributed by atoms with E-state index in [0.29, 0.717) is 5.65 Å². The van der Waals surface area contributed by atoms with Gasteiger partial charge < -0.3 is 0 Å². The Hall–Kier alpha value is -1.52. The molecule has 2 heterocycles. The normalized spacial score (nSPS) is 10.2. The molecule has 2 rings (SSSR count). The van der Waals surface area contributed by atoms with E-state index in [2.05, 4.69) is 20.4 Å².